The Morgan fingerprint density at radius 1 is 1.07 bits per heavy atom. The second-order valence-electron chi connectivity index (χ2n) is 7.37. The Hall–Kier alpha value is -2.59. The zero-order valence-electron chi connectivity index (χ0n) is 15.8. The molecule has 1 unspecified atom stereocenters. The summed E-state index contributed by atoms with van der Waals surface area (Å²) in [7, 11) is 1.94. The van der Waals surface area contributed by atoms with Crippen LogP contribution in [0.15, 0.2) is 65.3 Å². The summed E-state index contributed by atoms with van der Waals surface area (Å²) in [5.74, 6) is 0.136. The van der Waals surface area contributed by atoms with Gasteiger partial charge in [0.1, 0.15) is 5.58 Å². The van der Waals surface area contributed by atoms with Gasteiger partial charge in [0.2, 0.25) is 5.91 Å². The van der Waals surface area contributed by atoms with E-state index >= 15 is 0 Å². The van der Waals surface area contributed by atoms with E-state index in [-0.39, 0.29) is 11.9 Å². The van der Waals surface area contributed by atoms with E-state index in [0.29, 0.717) is 6.42 Å². The predicted molar refractivity (Wildman–Crippen MR) is 108 cm³/mol. The van der Waals surface area contributed by atoms with E-state index in [1.165, 1.54) is 18.4 Å². The van der Waals surface area contributed by atoms with Gasteiger partial charge in [0, 0.05) is 19.0 Å². The molecule has 1 aliphatic heterocycles. The standard InChI is InChI=1S/C23H26N2O2/c1-24(23(26)16-19-10-7-11-22-20(19)12-15-27-22)21(17-25-13-5-6-14-25)18-8-3-2-4-9-18/h2-4,7-12,15,21H,5-6,13-14,16-17H2,1H3. The zero-order chi connectivity index (χ0) is 18.6. The summed E-state index contributed by atoms with van der Waals surface area (Å²) in [5.41, 5.74) is 3.05. The van der Waals surface area contributed by atoms with Crippen molar-refractivity contribution in [1.29, 1.82) is 0 Å². The van der Waals surface area contributed by atoms with Crippen LogP contribution in [0.3, 0.4) is 0 Å². The highest BCUT2D eigenvalue weighted by atomic mass is 16.3. The number of benzene rings is 2. The Morgan fingerprint density at radius 3 is 2.63 bits per heavy atom. The van der Waals surface area contributed by atoms with Crippen LogP contribution < -0.4 is 0 Å². The van der Waals surface area contributed by atoms with Gasteiger partial charge in [-0.05, 0) is 49.2 Å². The smallest absolute Gasteiger partial charge is 0.227 e. The second kappa shape index (κ2) is 7.97. The number of nitrogens with zero attached hydrogens (tertiary/aromatic N) is 2. The maximum absolute atomic E-state index is 13.1. The number of carbonyl (C=O) groups is 1. The molecule has 27 heavy (non-hydrogen) atoms. The Labute approximate surface area is 160 Å². The minimum atomic E-state index is 0.0698. The molecule has 1 saturated heterocycles. The van der Waals surface area contributed by atoms with Crippen LogP contribution in [0.2, 0.25) is 0 Å². The first-order valence-electron chi connectivity index (χ1n) is 9.70. The quantitative estimate of drug-likeness (QED) is 0.657. The molecule has 3 aromatic rings. The Bertz CT molecular complexity index is 897. The molecular weight excluding hydrogens is 336 g/mol. The number of amides is 1. The normalized spacial score (nSPS) is 15.9. The largest absolute Gasteiger partial charge is 0.464 e. The van der Waals surface area contributed by atoms with Crippen molar-refractivity contribution >= 4 is 16.9 Å². The van der Waals surface area contributed by atoms with E-state index in [0.717, 1.165) is 36.2 Å². The summed E-state index contributed by atoms with van der Waals surface area (Å²) < 4.78 is 5.47. The van der Waals surface area contributed by atoms with Gasteiger partial charge in [-0.3, -0.25) is 4.79 Å². The monoisotopic (exact) mass is 362 g/mol. The summed E-state index contributed by atoms with van der Waals surface area (Å²) in [4.78, 5) is 17.5. The van der Waals surface area contributed by atoms with Crippen molar-refractivity contribution in [2.75, 3.05) is 26.7 Å². The lowest BCUT2D eigenvalue weighted by atomic mass is 10.0. The lowest BCUT2D eigenvalue weighted by Gasteiger charge is -2.32. The molecule has 1 aromatic heterocycles. The van der Waals surface area contributed by atoms with Gasteiger partial charge in [0.15, 0.2) is 0 Å². The summed E-state index contributed by atoms with van der Waals surface area (Å²) >= 11 is 0. The van der Waals surface area contributed by atoms with Crippen LogP contribution in [0.25, 0.3) is 11.0 Å². The lowest BCUT2D eigenvalue weighted by Crippen LogP contribution is -2.39. The predicted octanol–water partition coefficient (Wildman–Crippen LogP) is 4.27. The molecule has 4 nitrogen and oxygen atoms in total. The molecule has 0 bridgehead atoms. The highest BCUT2D eigenvalue weighted by Gasteiger charge is 2.25. The summed E-state index contributed by atoms with van der Waals surface area (Å²) in [6, 6.07) is 18.3. The summed E-state index contributed by atoms with van der Waals surface area (Å²) in [6.07, 6.45) is 4.57. The number of likely N-dealkylation sites (tertiary alicyclic amines) is 1. The first-order valence-corrected chi connectivity index (χ1v) is 9.70. The maximum Gasteiger partial charge on any atom is 0.227 e. The first-order chi connectivity index (χ1) is 13.2. The highest BCUT2D eigenvalue weighted by molar-refractivity contribution is 5.87. The Kier molecular flexibility index (Phi) is 5.26. The molecular formula is C23H26N2O2. The lowest BCUT2D eigenvalue weighted by molar-refractivity contribution is -0.131. The number of rotatable bonds is 6. The topological polar surface area (TPSA) is 36.7 Å². The van der Waals surface area contributed by atoms with Gasteiger partial charge >= 0.3 is 0 Å². The third-order valence-corrected chi connectivity index (χ3v) is 5.60. The second-order valence-corrected chi connectivity index (χ2v) is 7.37. The first kappa shape index (κ1) is 17.8. The number of fused-ring (bicyclic) bond motifs is 1. The van der Waals surface area contributed by atoms with Crippen LogP contribution in [0.1, 0.15) is 30.0 Å². The van der Waals surface area contributed by atoms with Crippen LogP contribution in [0, 0.1) is 0 Å². The van der Waals surface area contributed by atoms with E-state index in [1.54, 1.807) is 6.26 Å². The average molecular weight is 362 g/mol. The summed E-state index contributed by atoms with van der Waals surface area (Å²) in [5, 5.41) is 1.02. The van der Waals surface area contributed by atoms with Crippen molar-refractivity contribution in [3.63, 3.8) is 0 Å². The van der Waals surface area contributed by atoms with Gasteiger partial charge in [-0.1, -0.05) is 42.5 Å². The number of hydrogen-bond acceptors (Lipinski definition) is 3. The minimum absolute atomic E-state index is 0.0698. The molecule has 0 spiro atoms. The number of likely N-dealkylation sites (N-methyl/N-ethyl adjacent to an activating group) is 1. The number of hydrogen-bond donors (Lipinski definition) is 0. The molecule has 0 N–H and O–H groups in total. The van der Waals surface area contributed by atoms with Gasteiger partial charge in [-0.2, -0.15) is 0 Å². The molecule has 4 heteroatoms. The van der Waals surface area contributed by atoms with Crippen LogP contribution in [-0.4, -0.2) is 42.4 Å². The van der Waals surface area contributed by atoms with E-state index in [9.17, 15) is 4.79 Å². The number of carbonyl (C=O) groups excluding carboxylic acids is 1. The fraction of sp³-hybridized carbons (Fsp3) is 0.348. The van der Waals surface area contributed by atoms with Gasteiger partial charge in [-0.15, -0.1) is 0 Å². The van der Waals surface area contributed by atoms with Crippen molar-refractivity contribution < 1.29 is 9.21 Å². The fourth-order valence-electron chi connectivity index (χ4n) is 4.01. The average Bonchev–Trinajstić information content (AvgIpc) is 3.38. The van der Waals surface area contributed by atoms with Crippen LogP contribution in [-0.2, 0) is 11.2 Å². The molecule has 1 fully saturated rings. The molecule has 2 heterocycles. The van der Waals surface area contributed by atoms with Gasteiger partial charge in [-0.25, -0.2) is 0 Å². The van der Waals surface area contributed by atoms with E-state index in [2.05, 4.69) is 29.2 Å². The zero-order valence-corrected chi connectivity index (χ0v) is 15.8. The van der Waals surface area contributed by atoms with Crippen LogP contribution >= 0.6 is 0 Å². The minimum Gasteiger partial charge on any atom is -0.464 e. The Morgan fingerprint density at radius 2 is 1.85 bits per heavy atom. The van der Waals surface area contributed by atoms with Gasteiger partial charge in [0.25, 0.3) is 0 Å². The van der Waals surface area contributed by atoms with Crippen molar-refractivity contribution in [3.05, 3.63) is 72.0 Å². The van der Waals surface area contributed by atoms with E-state index in [4.69, 9.17) is 4.42 Å². The van der Waals surface area contributed by atoms with Crippen LogP contribution in [0.4, 0.5) is 0 Å². The molecule has 140 valence electrons. The molecule has 4 rings (SSSR count). The molecule has 0 aliphatic carbocycles. The molecule has 1 aliphatic rings. The van der Waals surface area contributed by atoms with E-state index < -0.39 is 0 Å². The van der Waals surface area contributed by atoms with Crippen molar-refractivity contribution in [3.8, 4) is 0 Å². The van der Waals surface area contributed by atoms with Gasteiger partial charge in [0.05, 0.1) is 18.7 Å². The van der Waals surface area contributed by atoms with Crippen molar-refractivity contribution in [1.82, 2.24) is 9.80 Å². The van der Waals surface area contributed by atoms with E-state index in [1.807, 2.05) is 42.3 Å². The third kappa shape index (κ3) is 3.91. The van der Waals surface area contributed by atoms with Gasteiger partial charge < -0.3 is 14.2 Å². The SMILES string of the molecule is CN(C(=O)Cc1cccc2occc12)C(CN1CCCC1)c1ccccc1. The third-order valence-electron chi connectivity index (χ3n) is 5.60. The van der Waals surface area contributed by atoms with Crippen molar-refractivity contribution in [2.24, 2.45) is 0 Å². The summed E-state index contributed by atoms with van der Waals surface area (Å²) in [6.45, 7) is 3.14. The maximum atomic E-state index is 13.1. The molecule has 0 saturated carbocycles. The Balaban J connectivity index is 1.55. The fourth-order valence-corrected chi connectivity index (χ4v) is 4.01. The van der Waals surface area contributed by atoms with Crippen LogP contribution in [0.5, 0.6) is 0 Å². The molecule has 1 amide bonds. The molecule has 0 radical (unpaired) electrons. The highest BCUT2D eigenvalue weighted by Crippen LogP contribution is 2.25. The van der Waals surface area contributed by atoms with Crippen molar-refractivity contribution in [2.45, 2.75) is 25.3 Å². The number of furan rings is 1. The molecule has 2 aromatic carbocycles. The molecule has 1 atom stereocenters.